The first-order valence-corrected chi connectivity index (χ1v) is 5.09. The van der Waals surface area contributed by atoms with E-state index < -0.39 is 0 Å². The molecule has 0 aromatic carbocycles. The van der Waals surface area contributed by atoms with E-state index in [4.69, 9.17) is 4.74 Å². The smallest absolute Gasteiger partial charge is 0.137 e. The third-order valence-electron chi connectivity index (χ3n) is 2.75. The van der Waals surface area contributed by atoms with E-state index in [1.54, 1.807) is 12.4 Å². The molecule has 1 atom stereocenters. The van der Waals surface area contributed by atoms with Crippen LogP contribution in [0.3, 0.4) is 0 Å². The Morgan fingerprint density at radius 2 is 2.57 bits per heavy atom. The summed E-state index contributed by atoms with van der Waals surface area (Å²) >= 11 is 0. The Morgan fingerprint density at radius 1 is 1.64 bits per heavy atom. The zero-order chi connectivity index (χ0) is 9.80. The number of nitrogens with zero attached hydrogens (tertiary/aromatic N) is 2. The largest absolute Gasteiger partial charge is 0.490 e. The molecule has 1 aliphatic rings. The third kappa shape index (κ3) is 2.23. The highest BCUT2D eigenvalue weighted by molar-refractivity contribution is 5.15. The fraction of sp³-hybridized carbons (Fsp3) is 0.545. The van der Waals surface area contributed by atoms with Crippen LogP contribution in [0.1, 0.15) is 12.8 Å². The van der Waals surface area contributed by atoms with Gasteiger partial charge in [0.1, 0.15) is 12.4 Å². The van der Waals surface area contributed by atoms with Crippen molar-refractivity contribution in [3.63, 3.8) is 0 Å². The first-order valence-electron chi connectivity index (χ1n) is 5.09. The van der Waals surface area contributed by atoms with Crippen molar-refractivity contribution >= 4 is 0 Å². The highest BCUT2D eigenvalue weighted by Gasteiger charge is 2.20. The van der Waals surface area contributed by atoms with Gasteiger partial charge in [0.15, 0.2) is 0 Å². The molecule has 76 valence electrons. The maximum Gasteiger partial charge on any atom is 0.137 e. The monoisotopic (exact) mass is 192 g/mol. The fourth-order valence-corrected chi connectivity index (χ4v) is 1.81. The van der Waals surface area contributed by atoms with Gasteiger partial charge in [-0.1, -0.05) is 0 Å². The van der Waals surface area contributed by atoms with E-state index in [0.29, 0.717) is 6.04 Å². The van der Waals surface area contributed by atoms with Gasteiger partial charge in [0.2, 0.25) is 0 Å². The molecule has 2 heterocycles. The van der Waals surface area contributed by atoms with Gasteiger partial charge in [0.05, 0.1) is 6.20 Å². The molecule has 3 heteroatoms. The number of likely N-dealkylation sites (N-methyl/N-ethyl adjacent to an activating group) is 1. The van der Waals surface area contributed by atoms with Crippen molar-refractivity contribution in [3.05, 3.63) is 24.5 Å². The van der Waals surface area contributed by atoms with Gasteiger partial charge < -0.3 is 9.64 Å². The summed E-state index contributed by atoms with van der Waals surface area (Å²) in [6.45, 7) is 1.98. The Morgan fingerprint density at radius 3 is 3.21 bits per heavy atom. The van der Waals surface area contributed by atoms with Crippen LogP contribution in [0.5, 0.6) is 5.75 Å². The number of hydrogen-bond acceptors (Lipinski definition) is 3. The molecule has 1 aliphatic heterocycles. The van der Waals surface area contributed by atoms with Gasteiger partial charge in [0, 0.05) is 12.2 Å². The van der Waals surface area contributed by atoms with Crippen molar-refractivity contribution in [1.29, 1.82) is 0 Å². The predicted molar refractivity (Wildman–Crippen MR) is 55.4 cm³/mol. The van der Waals surface area contributed by atoms with Crippen LogP contribution < -0.4 is 4.74 Å². The molecule has 3 nitrogen and oxygen atoms in total. The second kappa shape index (κ2) is 4.42. The normalized spacial score (nSPS) is 22.5. The number of ether oxygens (including phenoxy) is 1. The van der Waals surface area contributed by atoms with E-state index in [1.165, 1.54) is 19.4 Å². The van der Waals surface area contributed by atoms with E-state index in [2.05, 4.69) is 16.9 Å². The minimum absolute atomic E-state index is 0.579. The van der Waals surface area contributed by atoms with Crippen LogP contribution >= 0.6 is 0 Å². The highest BCUT2D eigenvalue weighted by atomic mass is 16.5. The first kappa shape index (κ1) is 9.46. The molecule has 0 radical (unpaired) electrons. The molecule has 14 heavy (non-hydrogen) atoms. The van der Waals surface area contributed by atoms with Gasteiger partial charge >= 0.3 is 0 Å². The maximum atomic E-state index is 5.66. The molecule has 0 unspecified atom stereocenters. The molecule has 0 aliphatic carbocycles. The summed E-state index contributed by atoms with van der Waals surface area (Å²) in [7, 11) is 2.16. The molecule has 1 aromatic heterocycles. The standard InChI is InChI=1S/C11H16N2O/c1-13-7-3-4-10(13)9-14-11-5-2-6-12-8-11/h2,5-6,8,10H,3-4,7,9H2,1H3/t10-/m1/s1. The lowest BCUT2D eigenvalue weighted by Gasteiger charge is -2.19. The lowest BCUT2D eigenvalue weighted by atomic mass is 10.2. The van der Waals surface area contributed by atoms with Crippen LogP contribution in [0, 0.1) is 0 Å². The van der Waals surface area contributed by atoms with Crippen LogP contribution in [0.2, 0.25) is 0 Å². The number of pyridine rings is 1. The summed E-state index contributed by atoms with van der Waals surface area (Å²) in [5.74, 6) is 0.868. The van der Waals surface area contributed by atoms with Crippen molar-refractivity contribution in [2.24, 2.45) is 0 Å². The van der Waals surface area contributed by atoms with Gasteiger partial charge in [0.25, 0.3) is 0 Å². The minimum Gasteiger partial charge on any atom is -0.490 e. The number of hydrogen-bond donors (Lipinski definition) is 0. The molecular formula is C11H16N2O. The van der Waals surface area contributed by atoms with E-state index >= 15 is 0 Å². The zero-order valence-corrected chi connectivity index (χ0v) is 8.52. The second-order valence-electron chi connectivity index (χ2n) is 3.78. The molecule has 0 spiro atoms. The van der Waals surface area contributed by atoms with Crippen molar-refractivity contribution < 1.29 is 4.74 Å². The van der Waals surface area contributed by atoms with E-state index in [-0.39, 0.29) is 0 Å². The van der Waals surface area contributed by atoms with Gasteiger partial charge in [-0.2, -0.15) is 0 Å². The molecular weight excluding hydrogens is 176 g/mol. The average Bonchev–Trinajstić information content (AvgIpc) is 2.63. The van der Waals surface area contributed by atoms with Gasteiger partial charge in [-0.05, 0) is 38.6 Å². The zero-order valence-electron chi connectivity index (χ0n) is 8.52. The van der Waals surface area contributed by atoms with Gasteiger partial charge in [-0.3, -0.25) is 4.98 Å². The highest BCUT2D eigenvalue weighted by Crippen LogP contribution is 2.16. The van der Waals surface area contributed by atoms with E-state index in [9.17, 15) is 0 Å². The summed E-state index contributed by atoms with van der Waals surface area (Å²) < 4.78 is 5.66. The number of rotatable bonds is 3. The first-order chi connectivity index (χ1) is 6.86. The van der Waals surface area contributed by atoms with Crippen molar-refractivity contribution in [3.8, 4) is 5.75 Å². The SMILES string of the molecule is CN1CCC[C@@H]1COc1cccnc1. The minimum atomic E-state index is 0.579. The Balaban J connectivity index is 1.82. The van der Waals surface area contributed by atoms with E-state index in [0.717, 1.165) is 12.4 Å². The number of aromatic nitrogens is 1. The molecule has 0 amide bonds. The molecule has 1 aromatic rings. The molecule has 2 rings (SSSR count). The second-order valence-corrected chi connectivity index (χ2v) is 3.78. The fourth-order valence-electron chi connectivity index (χ4n) is 1.81. The van der Waals surface area contributed by atoms with Crippen molar-refractivity contribution in [2.45, 2.75) is 18.9 Å². The van der Waals surface area contributed by atoms with Crippen LogP contribution in [-0.4, -0.2) is 36.1 Å². The summed E-state index contributed by atoms with van der Waals surface area (Å²) in [5.41, 5.74) is 0. The van der Waals surface area contributed by atoms with Gasteiger partial charge in [-0.25, -0.2) is 0 Å². The predicted octanol–water partition coefficient (Wildman–Crippen LogP) is 1.55. The summed E-state index contributed by atoms with van der Waals surface area (Å²) in [4.78, 5) is 6.37. The Labute approximate surface area is 84.7 Å². The van der Waals surface area contributed by atoms with Crippen LogP contribution in [0.4, 0.5) is 0 Å². The quantitative estimate of drug-likeness (QED) is 0.726. The Bertz CT molecular complexity index is 276. The van der Waals surface area contributed by atoms with Crippen LogP contribution in [-0.2, 0) is 0 Å². The van der Waals surface area contributed by atoms with Crippen LogP contribution in [0.15, 0.2) is 24.5 Å². The Hall–Kier alpha value is -1.09. The summed E-state index contributed by atoms with van der Waals surface area (Å²) in [5, 5.41) is 0. The molecule has 1 fully saturated rings. The molecule has 1 saturated heterocycles. The summed E-state index contributed by atoms with van der Waals surface area (Å²) in [6.07, 6.45) is 6.05. The van der Waals surface area contributed by atoms with Crippen molar-refractivity contribution in [1.82, 2.24) is 9.88 Å². The average molecular weight is 192 g/mol. The molecule has 0 N–H and O–H groups in total. The lowest BCUT2D eigenvalue weighted by molar-refractivity contribution is 0.198. The molecule has 0 saturated carbocycles. The maximum absolute atomic E-state index is 5.66. The van der Waals surface area contributed by atoms with Crippen molar-refractivity contribution in [2.75, 3.05) is 20.2 Å². The Kier molecular flexibility index (Phi) is 2.99. The van der Waals surface area contributed by atoms with Crippen LogP contribution in [0.25, 0.3) is 0 Å². The number of likely N-dealkylation sites (tertiary alicyclic amines) is 1. The van der Waals surface area contributed by atoms with E-state index in [1.807, 2.05) is 12.1 Å². The topological polar surface area (TPSA) is 25.4 Å². The van der Waals surface area contributed by atoms with Gasteiger partial charge in [-0.15, -0.1) is 0 Å². The lowest BCUT2D eigenvalue weighted by Crippen LogP contribution is -2.30. The third-order valence-corrected chi connectivity index (χ3v) is 2.75. The molecule has 0 bridgehead atoms. The summed E-state index contributed by atoms with van der Waals surface area (Å²) in [6, 6.07) is 4.42.